The summed E-state index contributed by atoms with van der Waals surface area (Å²) < 4.78 is 9.05. The van der Waals surface area contributed by atoms with E-state index in [4.69, 9.17) is 19.4 Å². The topological polar surface area (TPSA) is 56.7 Å². The van der Waals surface area contributed by atoms with Crippen molar-refractivity contribution in [2.24, 2.45) is 0 Å². The fraction of sp³-hybridized carbons (Fsp3) is 0.0217. The molecular formula is C46H32N4O. The Morgan fingerprint density at radius 1 is 0.588 bits per heavy atom. The van der Waals surface area contributed by atoms with E-state index < -0.39 is 0 Å². The molecule has 242 valence electrons. The second-order valence-corrected chi connectivity index (χ2v) is 12.5. The van der Waals surface area contributed by atoms with E-state index in [0.29, 0.717) is 17.5 Å². The summed E-state index contributed by atoms with van der Waals surface area (Å²) >= 11 is 0. The van der Waals surface area contributed by atoms with Crippen LogP contribution in [0.3, 0.4) is 0 Å². The highest BCUT2D eigenvalue weighted by molar-refractivity contribution is 6.14. The highest BCUT2D eigenvalue weighted by atomic mass is 16.3. The number of furan rings is 1. The van der Waals surface area contributed by atoms with E-state index in [9.17, 15) is 0 Å². The lowest BCUT2D eigenvalue weighted by Crippen LogP contribution is -2.00. The molecule has 6 aromatic carbocycles. The van der Waals surface area contributed by atoms with Gasteiger partial charge in [0.25, 0.3) is 0 Å². The van der Waals surface area contributed by atoms with Crippen molar-refractivity contribution < 1.29 is 4.42 Å². The van der Waals surface area contributed by atoms with Crippen molar-refractivity contribution in [3.63, 3.8) is 0 Å². The summed E-state index contributed by atoms with van der Waals surface area (Å²) in [5.41, 5.74) is 10.9. The molecule has 9 rings (SSSR count). The monoisotopic (exact) mass is 656 g/mol. The zero-order valence-corrected chi connectivity index (χ0v) is 28.0. The number of aromatic nitrogens is 4. The van der Waals surface area contributed by atoms with Gasteiger partial charge >= 0.3 is 0 Å². The molecule has 0 unspecified atom stereocenters. The lowest BCUT2D eigenvalue weighted by molar-refractivity contribution is 0.665. The number of allylic oxidation sites excluding steroid dienone is 2. The van der Waals surface area contributed by atoms with Gasteiger partial charge in [0.2, 0.25) is 0 Å². The zero-order valence-electron chi connectivity index (χ0n) is 28.0. The minimum atomic E-state index is 0.585. The molecule has 0 aliphatic heterocycles. The predicted octanol–water partition coefficient (Wildman–Crippen LogP) is 11.9. The van der Waals surface area contributed by atoms with Crippen LogP contribution in [0.4, 0.5) is 0 Å². The van der Waals surface area contributed by atoms with Gasteiger partial charge in [-0.15, -0.1) is 0 Å². The number of hydrogen-bond acceptors (Lipinski definition) is 4. The highest BCUT2D eigenvalue weighted by Crippen LogP contribution is 2.41. The van der Waals surface area contributed by atoms with E-state index in [2.05, 4.69) is 121 Å². The number of rotatable bonds is 7. The third-order valence-electron chi connectivity index (χ3n) is 9.44. The summed E-state index contributed by atoms with van der Waals surface area (Å²) in [6, 6.07) is 49.7. The van der Waals surface area contributed by atoms with Crippen LogP contribution >= 0.6 is 0 Å². The molecule has 5 heteroatoms. The minimum Gasteiger partial charge on any atom is -0.454 e. The van der Waals surface area contributed by atoms with Gasteiger partial charge in [0.15, 0.2) is 23.1 Å². The maximum absolute atomic E-state index is 6.76. The molecule has 0 saturated heterocycles. The molecule has 5 nitrogen and oxygen atoms in total. The van der Waals surface area contributed by atoms with Gasteiger partial charge in [-0.3, -0.25) is 0 Å². The molecule has 0 atom stereocenters. The van der Waals surface area contributed by atoms with Gasteiger partial charge in [-0.05, 0) is 42.3 Å². The molecule has 9 aromatic rings. The van der Waals surface area contributed by atoms with E-state index in [0.717, 1.165) is 72.2 Å². The van der Waals surface area contributed by atoms with E-state index >= 15 is 0 Å². The molecule has 0 aliphatic rings. The second kappa shape index (κ2) is 12.6. The molecule has 0 spiro atoms. The highest BCUT2D eigenvalue weighted by Gasteiger charge is 2.22. The first kappa shape index (κ1) is 30.2. The molecule has 0 amide bonds. The molecule has 51 heavy (non-hydrogen) atoms. The molecule has 0 N–H and O–H groups in total. The van der Waals surface area contributed by atoms with Crippen molar-refractivity contribution >= 4 is 38.9 Å². The molecular weight excluding hydrogens is 625 g/mol. The summed E-state index contributed by atoms with van der Waals surface area (Å²) in [5.74, 6) is 1.81. The molecule has 0 radical (unpaired) electrons. The lowest BCUT2D eigenvalue weighted by Gasteiger charge is -2.10. The van der Waals surface area contributed by atoms with Gasteiger partial charge in [-0.25, -0.2) is 15.0 Å². The summed E-state index contributed by atoms with van der Waals surface area (Å²) in [6.45, 7) is 6.04. The van der Waals surface area contributed by atoms with Crippen LogP contribution < -0.4 is 0 Å². The first-order valence-electron chi connectivity index (χ1n) is 17.0. The minimum absolute atomic E-state index is 0.585. The Morgan fingerprint density at radius 3 is 2.02 bits per heavy atom. The van der Waals surface area contributed by atoms with E-state index in [1.54, 1.807) is 0 Å². The summed E-state index contributed by atoms with van der Waals surface area (Å²) in [6.07, 6.45) is 5.91. The van der Waals surface area contributed by atoms with Gasteiger partial charge in [-0.2, -0.15) is 0 Å². The largest absolute Gasteiger partial charge is 0.454 e. The Labute approximate surface area is 295 Å². The average Bonchev–Trinajstić information content (AvgIpc) is 3.72. The zero-order chi connectivity index (χ0) is 34.3. The Balaban J connectivity index is 1.27. The van der Waals surface area contributed by atoms with Crippen LogP contribution in [0.25, 0.3) is 89.9 Å². The molecule has 3 heterocycles. The van der Waals surface area contributed by atoms with Gasteiger partial charge < -0.3 is 8.98 Å². The van der Waals surface area contributed by atoms with Gasteiger partial charge in [-0.1, -0.05) is 146 Å². The maximum Gasteiger partial charge on any atom is 0.164 e. The molecule has 0 aliphatic carbocycles. The van der Waals surface area contributed by atoms with Crippen LogP contribution in [0, 0.1) is 6.92 Å². The number of fused-ring (bicyclic) bond motifs is 4. The third kappa shape index (κ3) is 5.23. The Hall–Kier alpha value is -6.85. The SMILES string of the molecule is C=C/C=C\c1c(C)n(-c2cccc3c2oc2cccc(-c4nc(-c5ccccc5)nc(-c5cccc(-c6ccccc6)c5)n4)c23)c2ccccc12. The third-order valence-corrected chi connectivity index (χ3v) is 9.44. The number of para-hydroxylation sites is 2. The Bertz CT molecular complexity index is 2770. The summed E-state index contributed by atoms with van der Waals surface area (Å²) in [7, 11) is 0. The fourth-order valence-corrected chi connectivity index (χ4v) is 7.08. The van der Waals surface area contributed by atoms with Crippen molar-refractivity contribution in [1.29, 1.82) is 0 Å². The first-order valence-corrected chi connectivity index (χ1v) is 17.0. The van der Waals surface area contributed by atoms with E-state index in [-0.39, 0.29) is 0 Å². The number of benzene rings is 6. The first-order chi connectivity index (χ1) is 25.2. The average molecular weight is 657 g/mol. The van der Waals surface area contributed by atoms with Crippen LogP contribution in [0.1, 0.15) is 11.3 Å². The van der Waals surface area contributed by atoms with Crippen LogP contribution in [-0.2, 0) is 0 Å². The van der Waals surface area contributed by atoms with Crippen molar-refractivity contribution in [3.05, 3.63) is 176 Å². The van der Waals surface area contributed by atoms with Crippen LogP contribution in [0.5, 0.6) is 0 Å². The number of nitrogens with zero attached hydrogens (tertiary/aromatic N) is 4. The van der Waals surface area contributed by atoms with E-state index in [1.165, 1.54) is 5.39 Å². The van der Waals surface area contributed by atoms with Gasteiger partial charge in [0, 0.05) is 44.1 Å². The van der Waals surface area contributed by atoms with E-state index in [1.807, 2.05) is 60.7 Å². The van der Waals surface area contributed by atoms with Crippen LogP contribution in [0.15, 0.2) is 169 Å². The Kier molecular flexibility index (Phi) is 7.44. The predicted molar refractivity (Wildman–Crippen MR) is 210 cm³/mol. The van der Waals surface area contributed by atoms with Gasteiger partial charge in [0.1, 0.15) is 5.58 Å². The molecule has 0 bridgehead atoms. The van der Waals surface area contributed by atoms with Crippen molar-refractivity contribution in [2.75, 3.05) is 0 Å². The quantitative estimate of drug-likeness (QED) is 0.160. The van der Waals surface area contributed by atoms with Gasteiger partial charge in [0.05, 0.1) is 11.2 Å². The summed E-state index contributed by atoms with van der Waals surface area (Å²) in [4.78, 5) is 15.3. The molecule has 3 aromatic heterocycles. The molecule has 0 saturated carbocycles. The maximum atomic E-state index is 6.76. The van der Waals surface area contributed by atoms with Crippen molar-refractivity contribution in [2.45, 2.75) is 6.92 Å². The lowest BCUT2D eigenvalue weighted by atomic mass is 10.0. The number of hydrogen-bond donors (Lipinski definition) is 0. The fourth-order valence-electron chi connectivity index (χ4n) is 7.08. The van der Waals surface area contributed by atoms with Crippen LogP contribution in [-0.4, -0.2) is 19.5 Å². The van der Waals surface area contributed by atoms with Crippen LogP contribution in [0.2, 0.25) is 0 Å². The van der Waals surface area contributed by atoms with Crippen molar-refractivity contribution in [1.82, 2.24) is 19.5 Å². The Morgan fingerprint density at radius 2 is 1.22 bits per heavy atom. The normalized spacial score (nSPS) is 11.6. The molecule has 0 fully saturated rings. The smallest absolute Gasteiger partial charge is 0.164 e. The summed E-state index contributed by atoms with van der Waals surface area (Å²) in [5, 5.41) is 3.13. The standard InChI is InChI=1S/C46H32N4O/c1-3-4-22-35-30(2)50(39-26-12-11-23-36(35)39)40-27-14-24-37-42-38(25-15-28-41(42)51-43(37)40)46-48-44(32-18-9-6-10-19-32)47-45(49-46)34-21-13-20-33(29-34)31-16-7-5-8-17-31/h3-29H,1H2,2H3/b22-4-. The second-order valence-electron chi connectivity index (χ2n) is 12.5. The van der Waals surface area contributed by atoms with Crippen molar-refractivity contribution in [3.8, 4) is 51.0 Å².